The van der Waals surface area contributed by atoms with Gasteiger partial charge in [-0.05, 0) is 55.9 Å². The van der Waals surface area contributed by atoms with Gasteiger partial charge in [0.2, 0.25) is 11.8 Å². The van der Waals surface area contributed by atoms with E-state index in [9.17, 15) is 14.4 Å². The highest BCUT2D eigenvalue weighted by molar-refractivity contribution is 5.96. The normalized spacial score (nSPS) is 20.1. The molecule has 1 saturated carbocycles. The van der Waals surface area contributed by atoms with E-state index in [1.54, 1.807) is 29.2 Å². The van der Waals surface area contributed by atoms with E-state index in [4.69, 9.17) is 0 Å². The fourth-order valence-corrected chi connectivity index (χ4v) is 4.32. The van der Waals surface area contributed by atoms with Gasteiger partial charge in [0, 0.05) is 36.8 Å². The minimum atomic E-state index is -0.129. The Labute approximate surface area is 179 Å². The number of nitrogens with one attached hydrogen (secondary N) is 2. The smallest absolute Gasteiger partial charge is 0.253 e. The van der Waals surface area contributed by atoms with E-state index in [0.717, 1.165) is 19.4 Å². The van der Waals surface area contributed by atoms with Gasteiger partial charge < -0.3 is 15.5 Å². The Balaban J connectivity index is 1.52. The van der Waals surface area contributed by atoms with Gasteiger partial charge in [-0.25, -0.2) is 0 Å². The molecule has 0 unspecified atom stereocenters. The largest absolute Gasteiger partial charge is 0.356 e. The molecule has 0 bridgehead atoms. The van der Waals surface area contributed by atoms with E-state index in [2.05, 4.69) is 10.6 Å². The molecule has 1 saturated heterocycles. The SMILES string of the molecule is CC(C)C(=O)Nc1ccc(C(=O)N2CCC[C@@H](C(=O)NCC3CCCCC3)C2)cc1. The predicted octanol–water partition coefficient (Wildman–Crippen LogP) is 3.83. The fraction of sp³-hybridized carbons (Fsp3) is 0.625. The van der Waals surface area contributed by atoms with Crippen molar-refractivity contribution >= 4 is 23.4 Å². The van der Waals surface area contributed by atoms with E-state index in [0.29, 0.717) is 30.3 Å². The van der Waals surface area contributed by atoms with E-state index in [1.165, 1.54) is 32.1 Å². The molecule has 2 aliphatic rings. The maximum atomic E-state index is 12.9. The number of hydrogen-bond donors (Lipinski definition) is 2. The third-order valence-electron chi connectivity index (χ3n) is 6.29. The summed E-state index contributed by atoms with van der Waals surface area (Å²) in [5.74, 6) is 0.369. The van der Waals surface area contributed by atoms with Crippen molar-refractivity contribution in [1.29, 1.82) is 0 Å². The van der Waals surface area contributed by atoms with Crippen molar-refractivity contribution < 1.29 is 14.4 Å². The highest BCUT2D eigenvalue weighted by Crippen LogP contribution is 2.24. The standard InChI is InChI=1S/C24H35N3O3/c1-17(2)22(28)26-21-12-10-19(11-13-21)24(30)27-14-6-9-20(16-27)23(29)25-15-18-7-4-3-5-8-18/h10-13,17-18,20H,3-9,14-16H2,1-2H3,(H,25,29)(H,26,28)/t20-/m1/s1. The zero-order valence-corrected chi connectivity index (χ0v) is 18.3. The molecular weight excluding hydrogens is 378 g/mol. The Hall–Kier alpha value is -2.37. The average molecular weight is 414 g/mol. The van der Waals surface area contributed by atoms with Crippen LogP contribution in [0.2, 0.25) is 0 Å². The highest BCUT2D eigenvalue weighted by Gasteiger charge is 2.29. The highest BCUT2D eigenvalue weighted by atomic mass is 16.2. The van der Waals surface area contributed by atoms with Crippen LogP contribution >= 0.6 is 0 Å². The molecule has 0 aromatic heterocycles. The molecule has 3 amide bonds. The van der Waals surface area contributed by atoms with Crippen LogP contribution in [0.4, 0.5) is 5.69 Å². The minimum Gasteiger partial charge on any atom is -0.356 e. The quantitative estimate of drug-likeness (QED) is 0.744. The number of carbonyl (C=O) groups excluding carboxylic acids is 3. The molecule has 1 aliphatic carbocycles. The molecule has 6 heteroatoms. The summed E-state index contributed by atoms with van der Waals surface area (Å²) in [5.41, 5.74) is 1.27. The summed E-state index contributed by atoms with van der Waals surface area (Å²) >= 11 is 0. The maximum absolute atomic E-state index is 12.9. The Bertz CT molecular complexity index is 739. The molecule has 2 N–H and O–H groups in total. The summed E-state index contributed by atoms with van der Waals surface area (Å²) in [4.78, 5) is 39.2. The first-order chi connectivity index (χ1) is 14.4. The second kappa shape index (κ2) is 10.6. The zero-order chi connectivity index (χ0) is 21.5. The lowest BCUT2D eigenvalue weighted by atomic mass is 9.89. The van der Waals surface area contributed by atoms with Crippen LogP contribution in [0.15, 0.2) is 24.3 Å². The van der Waals surface area contributed by atoms with Crippen LogP contribution < -0.4 is 10.6 Å². The van der Waals surface area contributed by atoms with Crippen molar-refractivity contribution in [2.75, 3.05) is 25.0 Å². The molecule has 1 aromatic rings. The molecule has 1 aromatic carbocycles. The first-order valence-corrected chi connectivity index (χ1v) is 11.4. The van der Waals surface area contributed by atoms with Gasteiger partial charge in [-0.3, -0.25) is 14.4 Å². The van der Waals surface area contributed by atoms with Gasteiger partial charge in [0.25, 0.3) is 5.91 Å². The third-order valence-corrected chi connectivity index (χ3v) is 6.29. The Morgan fingerprint density at radius 3 is 2.37 bits per heavy atom. The molecule has 0 radical (unpaired) electrons. The lowest BCUT2D eigenvalue weighted by Crippen LogP contribution is -2.46. The zero-order valence-electron chi connectivity index (χ0n) is 18.3. The van der Waals surface area contributed by atoms with Gasteiger partial charge >= 0.3 is 0 Å². The molecule has 30 heavy (non-hydrogen) atoms. The number of benzene rings is 1. The number of rotatable bonds is 6. The van der Waals surface area contributed by atoms with Crippen LogP contribution in [0.3, 0.4) is 0 Å². The number of piperidine rings is 1. The molecule has 0 spiro atoms. The summed E-state index contributed by atoms with van der Waals surface area (Å²) in [5, 5.41) is 5.97. The Morgan fingerprint density at radius 1 is 1.00 bits per heavy atom. The summed E-state index contributed by atoms with van der Waals surface area (Å²) in [7, 11) is 0. The first-order valence-electron chi connectivity index (χ1n) is 11.4. The van der Waals surface area contributed by atoms with Crippen LogP contribution in [-0.2, 0) is 9.59 Å². The van der Waals surface area contributed by atoms with Gasteiger partial charge in [-0.2, -0.15) is 0 Å². The van der Waals surface area contributed by atoms with E-state index in [1.807, 2.05) is 13.8 Å². The molecule has 6 nitrogen and oxygen atoms in total. The Kier molecular flexibility index (Phi) is 7.88. The average Bonchev–Trinajstić information content (AvgIpc) is 2.78. The molecule has 1 heterocycles. The van der Waals surface area contributed by atoms with E-state index >= 15 is 0 Å². The molecule has 164 valence electrons. The van der Waals surface area contributed by atoms with Gasteiger partial charge in [0.15, 0.2) is 0 Å². The monoisotopic (exact) mass is 413 g/mol. The summed E-state index contributed by atoms with van der Waals surface area (Å²) in [6.45, 7) is 5.60. The maximum Gasteiger partial charge on any atom is 0.253 e. The lowest BCUT2D eigenvalue weighted by molar-refractivity contribution is -0.126. The van der Waals surface area contributed by atoms with Crippen molar-refractivity contribution in [2.45, 2.75) is 58.8 Å². The van der Waals surface area contributed by atoms with Crippen LogP contribution in [0.25, 0.3) is 0 Å². The topological polar surface area (TPSA) is 78.5 Å². The minimum absolute atomic E-state index is 0.0489. The van der Waals surface area contributed by atoms with Crippen molar-refractivity contribution in [1.82, 2.24) is 10.2 Å². The van der Waals surface area contributed by atoms with E-state index < -0.39 is 0 Å². The van der Waals surface area contributed by atoms with Gasteiger partial charge in [-0.1, -0.05) is 33.1 Å². The predicted molar refractivity (Wildman–Crippen MR) is 118 cm³/mol. The number of nitrogens with zero attached hydrogens (tertiary/aromatic N) is 1. The lowest BCUT2D eigenvalue weighted by Gasteiger charge is -2.32. The second-order valence-electron chi connectivity index (χ2n) is 9.06. The number of anilines is 1. The molecule has 1 aliphatic heterocycles. The van der Waals surface area contributed by atoms with Crippen molar-refractivity contribution in [2.24, 2.45) is 17.8 Å². The first kappa shape index (κ1) is 22.3. The van der Waals surface area contributed by atoms with Gasteiger partial charge in [-0.15, -0.1) is 0 Å². The van der Waals surface area contributed by atoms with E-state index in [-0.39, 0.29) is 29.6 Å². The number of amides is 3. The van der Waals surface area contributed by atoms with Crippen molar-refractivity contribution in [3.05, 3.63) is 29.8 Å². The van der Waals surface area contributed by atoms with Crippen LogP contribution in [0, 0.1) is 17.8 Å². The molecular formula is C24H35N3O3. The third kappa shape index (κ3) is 6.07. The molecule has 2 fully saturated rings. The molecule has 1 atom stereocenters. The van der Waals surface area contributed by atoms with Crippen molar-refractivity contribution in [3.8, 4) is 0 Å². The number of hydrogen-bond acceptors (Lipinski definition) is 3. The summed E-state index contributed by atoms with van der Waals surface area (Å²) in [6, 6.07) is 6.99. The second-order valence-corrected chi connectivity index (χ2v) is 9.06. The number of carbonyl (C=O) groups is 3. The van der Waals surface area contributed by atoms with Crippen LogP contribution in [0.5, 0.6) is 0 Å². The van der Waals surface area contributed by atoms with Gasteiger partial charge in [0.05, 0.1) is 5.92 Å². The summed E-state index contributed by atoms with van der Waals surface area (Å²) in [6.07, 6.45) is 7.95. The van der Waals surface area contributed by atoms with Crippen LogP contribution in [-0.4, -0.2) is 42.3 Å². The summed E-state index contributed by atoms with van der Waals surface area (Å²) < 4.78 is 0. The molecule has 3 rings (SSSR count). The van der Waals surface area contributed by atoms with Crippen molar-refractivity contribution in [3.63, 3.8) is 0 Å². The van der Waals surface area contributed by atoms with Crippen LogP contribution in [0.1, 0.15) is 69.2 Å². The number of likely N-dealkylation sites (tertiary alicyclic amines) is 1. The Morgan fingerprint density at radius 2 is 1.70 bits per heavy atom. The van der Waals surface area contributed by atoms with Gasteiger partial charge in [0.1, 0.15) is 0 Å². The fourth-order valence-electron chi connectivity index (χ4n) is 4.32.